The zero-order valence-electron chi connectivity index (χ0n) is 12.9. The molecule has 0 radical (unpaired) electrons. The maximum atomic E-state index is 11.8. The first kappa shape index (κ1) is 14.6. The zero-order chi connectivity index (χ0) is 15.5. The van der Waals surface area contributed by atoms with Crippen molar-refractivity contribution in [3.05, 3.63) is 42.5 Å². The Balaban J connectivity index is 2.02. The molecule has 1 N–H and O–H groups in total. The second-order valence-corrected chi connectivity index (χ2v) is 5.28. The standard InChI is InChI=1S/C18H20N2O2/c1-3-20-16-7-5-4-6-14(16)15-12-13(8-9-17(15)20)19-18(21)10-11-22-2/h4-9,12H,3,10-11H2,1-2H3,(H,19,21). The summed E-state index contributed by atoms with van der Waals surface area (Å²) in [5.74, 6) is -0.0274. The van der Waals surface area contributed by atoms with E-state index < -0.39 is 0 Å². The Hall–Kier alpha value is -2.33. The maximum absolute atomic E-state index is 11.8. The Bertz CT molecular complexity index is 820. The molecule has 0 aliphatic carbocycles. The molecule has 0 spiro atoms. The fraction of sp³-hybridized carbons (Fsp3) is 0.278. The van der Waals surface area contributed by atoms with Crippen molar-refractivity contribution in [3.8, 4) is 0 Å². The van der Waals surface area contributed by atoms with E-state index in [4.69, 9.17) is 4.74 Å². The van der Waals surface area contributed by atoms with Crippen LogP contribution in [0.4, 0.5) is 5.69 Å². The Morgan fingerprint density at radius 2 is 1.91 bits per heavy atom. The van der Waals surface area contributed by atoms with Gasteiger partial charge in [0.25, 0.3) is 0 Å². The minimum Gasteiger partial charge on any atom is -0.384 e. The third kappa shape index (κ3) is 2.57. The largest absolute Gasteiger partial charge is 0.384 e. The van der Waals surface area contributed by atoms with Crippen molar-refractivity contribution in [2.24, 2.45) is 0 Å². The van der Waals surface area contributed by atoms with Crippen LogP contribution in [-0.4, -0.2) is 24.2 Å². The number of para-hydroxylation sites is 1. The van der Waals surface area contributed by atoms with Gasteiger partial charge < -0.3 is 14.6 Å². The van der Waals surface area contributed by atoms with Crippen LogP contribution in [-0.2, 0) is 16.1 Å². The lowest BCUT2D eigenvalue weighted by atomic mass is 10.1. The molecular formula is C18H20N2O2. The fourth-order valence-corrected chi connectivity index (χ4v) is 2.89. The lowest BCUT2D eigenvalue weighted by Crippen LogP contribution is -2.13. The highest BCUT2D eigenvalue weighted by atomic mass is 16.5. The second kappa shape index (κ2) is 6.20. The first-order chi connectivity index (χ1) is 10.7. The monoisotopic (exact) mass is 296 g/mol. The summed E-state index contributed by atoms with van der Waals surface area (Å²) in [6, 6.07) is 14.4. The highest BCUT2D eigenvalue weighted by Gasteiger charge is 2.10. The number of nitrogens with one attached hydrogen (secondary N) is 1. The van der Waals surface area contributed by atoms with Crippen LogP contribution in [0.3, 0.4) is 0 Å². The molecule has 4 heteroatoms. The molecule has 3 aromatic rings. The van der Waals surface area contributed by atoms with Crippen molar-refractivity contribution in [3.63, 3.8) is 0 Å². The third-order valence-electron chi connectivity index (χ3n) is 3.91. The maximum Gasteiger partial charge on any atom is 0.226 e. The van der Waals surface area contributed by atoms with Crippen molar-refractivity contribution < 1.29 is 9.53 Å². The molecule has 3 rings (SSSR count). The number of fused-ring (bicyclic) bond motifs is 3. The number of anilines is 1. The zero-order valence-corrected chi connectivity index (χ0v) is 12.9. The Kier molecular flexibility index (Phi) is 4.11. The van der Waals surface area contributed by atoms with E-state index in [1.54, 1.807) is 7.11 Å². The van der Waals surface area contributed by atoms with Gasteiger partial charge in [0, 0.05) is 41.1 Å². The highest BCUT2D eigenvalue weighted by molar-refractivity contribution is 6.09. The van der Waals surface area contributed by atoms with Crippen molar-refractivity contribution in [1.82, 2.24) is 4.57 Å². The Morgan fingerprint density at radius 3 is 2.68 bits per heavy atom. The van der Waals surface area contributed by atoms with Crippen molar-refractivity contribution in [2.45, 2.75) is 19.9 Å². The summed E-state index contributed by atoms with van der Waals surface area (Å²) < 4.78 is 7.22. The number of carbonyl (C=O) groups excluding carboxylic acids is 1. The average Bonchev–Trinajstić information content (AvgIpc) is 2.86. The fourth-order valence-electron chi connectivity index (χ4n) is 2.89. The van der Waals surface area contributed by atoms with Crippen LogP contribution in [0.25, 0.3) is 21.8 Å². The van der Waals surface area contributed by atoms with Gasteiger partial charge in [-0.3, -0.25) is 4.79 Å². The number of aromatic nitrogens is 1. The number of hydrogen-bond donors (Lipinski definition) is 1. The summed E-state index contributed by atoms with van der Waals surface area (Å²) in [7, 11) is 1.60. The molecule has 0 unspecified atom stereocenters. The van der Waals surface area contributed by atoms with E-state index in [0.717, 1.165) is 12.2 Å². The van der Waals surface area contributed by atoms with E-state index in [2.05, 4.69) is 47.1 Å². The van der Waals surface area contributed by atoms with Gasteiger partial charge in [-0.2, -0.15) is 0 Å². The molecule has 0 atom stereocenters. The smallest absolute Gasteiger partial charge is 0.226 e. The molecular weight excluding hydrogens is 276 g/mol. The van der Waals surface area contributed by atoms with Crippen LogP contribution < -0.4 is 5.32 Å². The summed E-state index contributed by atoms with van der Waals surface area (Å²) in [5, 5.41) is 5.32. The second-order valence-electron chi connectivity index (χ2n) is 5.28. The number of aryl methyl sites for hydroxylation is 1. The van der Waals surface area contributed by atoms with Gasteiger partial charge in [-0.25, -0.2) is 0 Å². The van der Waals surface area contributed by atoms with Crippen molar-refractivity contribution in [1.29, 1.82) is 0 Å². The number of benzene rings is 2. The van der Waals surface area contributed by atoms with Crippen LogP contribution in [0.5, 0.6) is 0 Å². The van der Waals surface area contributed by atoms with Gasteiger partial charge >= 0.3 is 0 Å². The molecule has 0 bridgehead atoms. The summed E-state index contributed by atoms with van der Waals surface area (Å²) in [4.78, 5) is 11.8. The average molecular weight is 296 g/mol. The number of ether oxygens (including phenoxy) is 1. The Morgan fingerprint density at radius 1 is 1.14 bits per heavy atom. The lowest BCUT2D eigenvalue weighted by Gasteiger charge is -2.06. The molecule has 0 saturated heterocycles. The van der Waals surface area contributed by atoms with E-state index in [1.165, 1.54) is 21.8 Å². The Labute approximate surface area is 129 Å². The van der Waals surface area contributed by atoms with Crippen molar-refractivity contribution >= 4 is 33.4 Å². The summed E-state index contributed by atoms with van der Waals surface area (Å²) in [6.45, 7) is 3.50. The number of methoxy groups -OCH3 is 1. The molecule has 22 heavy (non-hydrogen) atoms. The van der Waals surface area contributed by atoms with Gasteiger partial charge in [0.05, 0.1) is 13.0 Å². The molecule has 0 aliphatic rings. The minimum atomic E-state index is -0.0274. The summed E-state index contributed by atoms with van der Waals surface area (Å²) >= 11 is 0. The van der Waals surface area contributed by atoms with E-state index in [0.29, 0.717) is 13.0 Å². The van der Waals surface area contributed by atoms with E-state index >= 15 is 0 Å². The van der Waals surface area contributed by atoms with Gasteiger partial charge in [-0.15, -0.1) is 0 Å². The molecule has 4 nitrogen and oxygen atoms in total. The SMILES string of the molecule is CCn1c2ccccc2c2cc(NC(=O)CCOC)ccc21. The van der Waals surface area contributed by atoms with Crippen LogP contribution >= 0.6 is 0 Å². The highest BCUT2D eigenvalue weighted by Crippen LogP contribution is 2.30. The molecule has 2 aromatic carbocycles. The van der Waals surface area contributed by atoms with E-state index in [-0.39, 0.29) is 5.91 Å². The van der Waals surface area contributed by atoms with E-state index in [1.807, 2.05) is 12.1 Å². The topological polar surface area (TPSA) is 43.3 Å². The predicted molar refractivity (Wildman–Crippen MR) is 90.2 cm³/mol. The summed E-state index contributed by atoms with van der Waals surface area (Å²) in [5.41, 5.74) is 3.24. The number of carbonyl (C=O) groups is 1. The lowest BCUT2D eigenvalue weighted by molar-refractivity contribution is -0.117. The van der Waals surface area contributed by atoms with Gasteiger partial charge in [-0.05, 0) is 31.2 Å². The molecule has 114 valence electrons. The molecule has 0 fully saturated rings. The number of rotatable bonds is 5. The molecule has 1 amide bonds. The summed E-state index contributed by atoms with van der Waals surface area (Å²) in [6.07, 6.45) is 0.366. The number of amides is 1. The van der Waals surface area contributed by atoms with Gasteiger partial charge in [0.2, 0.25) is 5.91 Å². The van der Waals surface area contributed by atoms with Crippen LogP contribution in [0, 0.1) is 0 Å². The number of nitrogens with zero attached hydrogens (tertiary/aromatic N) is 1. The van der Waals surface area contributed by atoms with Crippen LogP contribution in [0.15, 0.2) is 42.5 Å². The molecule has 0 aliphatic heterocycles. The minimum absolute atomic E-state index is 0.0274. The quantitative estimate of drug-likeness (QED) is 0.778. The van der Waals surface area contributed by atoms with Gasteiger partial charge in [0.15, 0.2) is 0 Å². The molecule has 1 heterocycles. The number of hydrogen-bond acceptors (Lipinski definition) is 2. The van der Waals surface area contributed by atoms with Crippen LogP contribution in [0.2, 0.25) is 0 Å². The van der Waals surface area contributed by atoms with E-state index in [9.17, 15) is 4.79 Å². The first-order valence-corrected chi connectivity index (χ1v) is 7.54. The predicted octanol–water partition coefficient (Wildman–Crippen LogP) is 3.79. The van der Waals surface area contributed by atoms with Gasteiger partial charge in [0.1, 0.15) is 0 Å². The van der Waals surface area contributed by atoms with Crippen molar-refractivity contribution in [2.75, 3.05) is 19.0 Å². The van der Waals surface area contributed by atoms with Gasteiger partial charge in [-0.1, -0.05) is 18.2 Å². The third-order valence-corrected chi connectivity index (χ3v) is 3.91. The van der Waals surface area contributed by atoms with Crippen LogP contribution in [0.1, 0.15) is 13.3 Å². The first-order valence-electron chi connectivity index (χ1n) is 7.54. The molecule has 1 aromatic heterocycles. The molecule has 0 saturated carbocycles. The normalized spacial score (nSPS) is 11.2.